The van der Waals surface area contributed by atoms with E-state index in [1.807, 2.05) is 42.8 Å². The van der Waals surface area contributed by atoms with Crippen molar-refractivity contribution in [2.45, 2.75) is 33.7 Å². The average Bonchev–Trinajstić information content (AvgIpc) is 3.25. The molecule has 1 fully saturated rings. The minimum Gasteiger partial charge on any atom is -0.347 e. The smallest absolute Gasteiger partial charge is 0.285 e. The van der Waals surface area contributed by atoms with Gasteiger partial charge in [0, 0.05) is 40.6 Å². The number of rotatable bonds is 4. The quantitative estimate of drug-likeness (QED) is 0.460. The van der Waals surface area contributed by atoms with Crippen molar-refractivity contribution in [2.24, 2.45) is 0 Å². The van der Waals surface area contributed by atoms with Crippen molar-refractivity contribution in [3.05, 3.63) is 64.5 Å². The summed E-state index contributed by atoms with van der Waals surface area (Å²) >= 11 is 6.88. The van der Waals surface area contributed by atoms with Gasteiger partial charge in [0.2, 0.25) is 0 Å². The van der Waals surface area contributed by atoms with Crippen LogP contribution in [0.2, 0.25) is 0 Å². The standard InChI is InChI=1S/C21H21N3OS2/c1-4-11-22-13-16(17-7-5-6-8-18(17)22)12-19-20(25)24(21(26)27-19)23-14(2)9-10-15(23)3/h5-10,12-13H,4,11H2,1-3H3/b19-12-. The van der Waals surface area contributed by atoms with Gasteiger partial charge in [-0.15, -0.1) is 0 Å². The lowest BCUT2D eigenvalue weighted by Gasteiger charge is -2.20. The van der Waals surface area contributed by atoms with Crippen molar-refractivity contribution >= 4 is 51.2 Å². The highest BCUT2D eigenvalue weighted by molar-refractivity contribution is 8.27. The molecule has 0 saturated carbocycles. The van der Waals surface area contributed by atoms with Gasteiger partial charge < -0.3 is 4.57 Å². The number of amides is 1. The van der Waals surface area contributed by atoms with E-state index in [4.69, 9.17) is 12.2 Å². The van der Waals surface area contributed by atoms with E-state index in [0.29, 0.717) is 9.23 Å². The van der Waals surface area contributed by atoms with Crippen LogP contribution in [0.1, 0.15) is 30.3 Å². The van der Waals surface area contributed by atoms with Gasteiger partial charge in [-0.25, -0.2) is 0 Å². The third kappa shape index (κ3) is 3.03. The monoisotopic (exact) mass is 395 g/mol. The van der Waals surface area contributed by atoms with Gasteiger partial charge in [0.15, 0.2) is 4.32 Å². The molecule has 0 unspecified atom stereocenters. The van der Waals surface area contributed by atoms with Gasteiger partial charge in [-0.2, -0.15) is 5.01 Å². The molecule has 1 aliphatic heterocycles. The van der Waals surface area contributed by atoms with E-state index >= 15 is 0 Å². The highest BCUT2D eigenvalue weighted by Crippen LogP contribution is 2.34. The number of hydrogen-bond donors (Lipinski definition) is 0. The molecule has 3 heterocycles. The molecule has 0 atom stereocenters. The fourth-order valence-electron chi connectivity index (χ4n) is 3.57. The van der Waals surface area contributed by atoms with Gasteiger partial charge in [-0.1, -0.05) is 36.9 Å². The van der Waals surface area contributed by atoms with Gasteiger partial charge in [0.1, 0.15) is 0 Å². The van der Waals surface area contributed by atoms with E-state index in [-0.39, 0.29) is 5.91 Å². The van der Waals surface area contributed by atoms with Crippen molar-refractivity contribution in [3.8, 4) is 0 Å². The molecular weight excluding hydrogens is 374 g/mol. The van der Waals surface area contributed by atoms with E-state index in [1.165, 1.54) is 17.3 Å². The summed E-state index contributed by atoms with van der Waals surface area (Å²) in [5.74, 6) is -0.0697. The average molecular weight is 396 g/mol. The normalized spacial score (nSPS) is 16.3. The largest absolute Gasteiger partial charge is 0.347 e. The molecule has 1 saturated heterocycles. The van der Waals surface area contributed by atoms with Crippen molar-refractivity contribution in [1.82, 2.24) is 9.24 Å². The zero-order chi connectivity index (χ0) is 19.1. The number of benzene rings is 1. The first-order valence-corrected chi connectivity index (χ1v) is 10.2. The highest BCUT2D eigenvalue weighted by Gasteiger charge is 2.34. The van der Waals surface area contributed by atoms with E-state index in [1.54, 1.807) is 5.01 Å². The molecule has 0 spiro atoms. The Balaban J connectivity index is 1.77. The predicted octanol–water partition coefficient (Wildman–Crippen LogP) is 5.01. The molecule has 4 nitrogen and oxygen atoms in total. The minimum absolute atomic E-state index is 0.0697. The van der Waals surface area contributed by atoms with Gasteiger partial charge in [0.25, 0.3) is 5.91 Å². The second kappa shape index (κ2) is 7.02. The SMILES string of the molecule is CCCn1cc(/C=C2\SC(=S)N(n3c(C)ccc3C)C2=O)c2ccccc21. The summed E-state index contributed by atoms with van der Waals surface area (Å²) in [6.45, 7) is 7.08. The number of nitrogens with zero attached hydrogens (tertiary/aromatic N) is 3. The summed E-state index contributed by atoms with van der Waals surface area (Å²) in [6.07, 6.45) is 5.17. The maximum Gasteiger partial charge on any atom is 0.285 e. The third-order valence-corrected chi connectivity index (χ3v) is 6.06. The first-order valence-electron chi connectivity index (χ1n) is 9.02. The molecule has 2 aromatic heterocycles. The zero-order valence-corrected chi connectivity index (χ0v) is 17.2. The number of thiocarbonyl (C=S) groups is 1. The second-order valence-electron chi connectivity index (χ2n) is 6.72. The molecule has 4 rings (SSSR count). The maximum atomic E-state index is 13.1. The van der Waals surface area contributed by atoms with Crippen LogP contribution in [0.4, 0.5) is 0 Å². The Labute approximate surface area is 168 Å². The van der Waals surface area contributed by atoms with Crippen LogP contribution in [0.5, 0.6) is 0 Å². The van der Waals surface area contributed by atoms with E-state index in [0.717, 1.165) is 35.3 Å². The van der Waals surface area contributed by atoms with E-state index in [2.05, 4.69) is 35.9 Å². The Bertz CT molecular complexity index is 1070. The number of carbonyl (C=O) groups is 1. The van der Waals surface area contributed by atoms with Gasteiger partial charge >= 0.3 is 0 Å². The summed E-state index contributed by atoms with van der Waals surface area (Å²) in [5.41, 5.74) is 4.23. The Hall–Kier alpha value is -2.31. The topological polar surface area (TPSA) is 30.2 Å². The second-order valence-corrected chi connectivity index (χ2v) is 8.39. The Kier molecular flexibility index (Phi) is 4.70. The first-order chi connectivity index (χ1) is 13.0. The first kappa shape index (κ1) is 18.1. The highest BCUT2D eigenvalue weighted by atomic mass is 32.2. The van der Waals surface area contributed by atoms with Crippen molar-refractivity contribution in [1.29, 1.82) is 0 Å². The van der Waals surface area contributed by atoms with Crippen LogP contribution in [0.25, 0.3) is 17.0 Å². The van der Waals surface area contributed by atoms with Crippen LogP contribution in [-0.4, -0.2) is 19.5 Å². The van der Waals surface area contributed by atoms with Gasteiger partial charge in [0.05, 0.1) is 4.91 Å². The van der Waals surface area contributed by atoms with Crippen molar-refractivity contribution in [2.75, 3.05) is 5.01 Å². The molecule has 0 radical (unpaired) electrons. The van der Waals surface area contributed by atoms with E-state index < -0.39 is 0 Å². The lowest BCUT2D eigenvalue weighted by molar-refractivity contribution is -0.114. The lowest BCUT2D eigenvalue weighted by Crippen LogP contribution is -2.39. The van der Waals surface area contributed by atoms with Crippen LogP contribution in [0, 0.1) is 13.8 Å². The van der Waals surface area contributed by atoms with Crippen LogP contribution in [-0.2, 0) is 11.3 Å². The van der Waals surface area contributed by atoms with Crippen LogP contribution in [0.3, 0.4) is 0 Å². The molecule has 27 heavy (non-hydrogen) atoms. The van der Waals surface area contributed by atoms with Crippen LogP contribution >= 0.6 is 24.0 Å². The molecule has 0 aliphatic carbocycles. The third-order valence-electron chi connectivity index (χ3n) is 4.78. The molecule has 0 bridgehead atoms. The number of hydrogen-bond acceptors (Lipinski definition) is 3. The van der Waals surface area contributed by atoms with Crippen molar-refractivity contribution in [3.63, 3.8) is 0 Å². The lowest BCUT2D eigenvalue weighted by atomic mass is 10.1. The zero-order valence-electron chi connectivity index (χ0n) is 15.6. The summed E-state index contributed by atoms with van der Waals surface area (Å²) in [7, 11) is 0. The number of fused-ring (bicyclic) bond motifs is 1. The number of para-hydroxylation sites is 1. The van der Waals surface area contributed by atoms with Gasteiger partial charge in [-0.3, -0.25) is 9.47 Å². The number of thioether (sulfide) groups is 1. The molecule has 138 valence electrons. The van der Waals surface area contributed by atoms with Gasteiger partial charge in [-0.05, 0) is 56.8 Å². The van der Waals surface area contributed by atoms with Crippen molar-refractivity contribution < 1.29 is 4.79 Å². The molecule has 0 N–H and O–H groups in total. The summed E-state index contributed by atoms with van der Waals surface area (Å²) in [4.78, 5) is 13.8. The molecule has 1 aromatic carbocycles. The van der Waals surface area contributed by atoms with Crippen LogP contribution < -0.4 is 5.01 Å². The molecule has 3 aromatic rings. The predicted molar refractivity (Wildman–Crippen MR) is 118 cm³/mol. The summed E-state index contributed by atoms with van der Waals surface area (Å²) in [5, 5.41) is 2.76. The minimum atomic E-state index is -0.0697. The Morgan fingerprint density at radius 3 is 2.52 bits per heavy atom. The molecular formula is C21H21N3OS2. The number of aryl methyl sites for hydroxylation is 3. The molecule has 1 amide bonds. The number of aromatic nitrogens is 2. The summed E-state index contributed by atoms with van der Waals surface area (Å²) in [6, 6.07) is 12.3. The Morgan fingerprint density at radius 1 is 1.11 bits per heavy atom. The maximum absolute atomic E-state index is 13.1. The molecule has 6 heteroatoms. The molecule has 1 aliphatic rings. The fourth-order valence-corrected chi connectivity index (χ4v) is 4.80. The number of carbonyl (C=O) groups excluding carboxylic acids is 1. The van der Waals surface area contributed by atoms with Crippen LogP contribution in [0.15, 0.2) is 47.5 Å². The Morgan fingerprint density at radius 2 is 1.81 bits per heavy atom. The van der Waals surface area contributed by atoms with E-state index in [9.17, 15) is 4.79 Å². The summed E-state index contributed by atoms with van der Waals surface area (Å²) < 4.78 is 4.70. The fraction of sp³-hybridized carbons (Fsp3) is 0.238.